The summed E-state index contributed by atoms with van der Waals surface area (Å²) in [7, 11) is -1.71. The molecular weight excluding hydrogens is 318 g/mol. The van der Waals surface area contributed by atoms with Crippen molar-refractivity contribution >= 4 is 15.7 Å². The molecule has 0 bridgehead atoms. The summed E-state index contributed by atoms with van der Waals surface area (Å²) >= 11 is 0. The number of hydrogen-bond donors (Lipinski definition) is 0. The molecular formula is C14H21N5O3S. The van der Waals surface area contributed by atoms with E-state index in [1.165, 1.54) is 6.20 Å². The third-order valence-electron chi connectivity index (χ3n) is 3.09. The average molecular weight is 339 g/mol. The molecule has 9 heteroatoms. The molecule has 0 unspecified atom stereocenters. The first-order valence-electron chi connectivity index (χ1n) is 7.23. The molecule has 0 aromatic carbocycles. The Morgan fingerprint density at radius 3 is 2.61 bits per heavy atom. The topological polar surface area (TPSA) is 102 Å². The Morgan fingerprint density at radius 1 is 1.30 bits per heavy atom. The largest absolute Gasteiger partial charge is 0.349 e. The summed E-state index contributed by atoms with van der Waals surface area (Å²) in [6, 6.07) is 0. The standard InChI is InChI=1S/C14H21N5O3S/c1-9(2)6-12-17-13(22-18-12)8-19(4)14-11(23(5,20)21)7-15-10(3)16-14/h7,9H,6,8H2,1-5H3. The molecule has 0 spiro atoms. The van der Waals surface area contributed by atoms with Crippen LogP contribution in [0, 0.1) is 12.8 Å². The predicted octanol–water partition coefficient (Wildman–Crippen LogP) is 1.41. The number of aromatic nitrogens is 4. The zero-order chi connectivity index (χ0) is 17.2. The molecule has 126 valence electrons. The minimum absolute atomic E-state index is 0.0764. The van der Waals surface area contributed by atoms with Gasteiger partial charge in [0, 0.05) is 19.7 Å². The highest BCUT2D eigenvalue weighted by atomic mass is 32.2. The van der Waals surface area contributed by atoms with Gasteiger partial charge in [-0.1, -0.05) is 19.0 Å². The summed E-state index contributed by atoms with van der Waals surface area (Å²) in [5.74, 6) is 2.30. The minimum atomic E-state index is -3.43. The van der Waals surface area contributed by atoms with Crippen LogP contribution in [0.3, 0.4) is 0 Å². The van der Waals surface area contributed by atoms with Gasteiger partial charge < -0.3 is 9.42 Å². The molecule has 0 aliphatic carbocycles. The third-order valence-corrected chi connectivity index (χ3v) is 4.18. The molecule has 0 atom stereocenters. The molecule has 0 amide bonds. The van der Waals surface area contributed by atoms with Crippen LogP contribution in [0.25, 0.3) is 0 Å². The van der Waals surface area contributed by atoms with E-state index >= 15 is 0 Å². The third kappa shape index (κ3) is 4.47. The van der Waals surface area contributed by atoms with E-state index in [1.54, 1.807) is 18.9 Å². The van der Waals surface area contributed by atoms with Gasteiger partial charge in [-0.15, -0.1) is 0 Å². The van der Waals surface area contributed by atoms with Crippen molar-refractivity contribution < 1.29 is 12.9 Å². The van der Waals surface area contributed by atoms with Crippen molar-refractivity contribution in [3.63, 3.8) is 0 Å². The van der Waals surface area contributed by atoms with Crippen molar-refractivity contribution in [2.45, 2.75) is 38.6 Å². The fourth-order valence-electron chi connectivity index (χ4n) is 2.06. The van der Waals surface area contributed by atoms with Gasteiger partial charge in [0.1, 0.15) is 10.7 Å². The molecule has 0 aliphatic rings. The second-order valence-electron chi connectivity index (χ2n) is 5.94. The van der Waals surface area contributed by atoms with Crippen molar-refractivity contribution in [1.29, 1.82) is 0 Å². The monoisotopic (exact) mass is 339 g/mol. The predicted molar refractivity (Wildman–Crippen MR) is 84.8 cm³/mol. The number of hydrogen-bond acceptors (Lipinski definition) is 8. The Morgan fingerprint density at radius 2 is 2.00 bits per heavy atom. The van der Waals surface area contributed by atoms with Gasteiger partial charge in [0.2, 0.25) is 5.89 Å². The zero-order valence-corrected chi connectivity index (χ0v) is 14.8. The van der Waals surface area contributed by atoms with E-state index in [2.05, 4.69) is 34.0 Å². The van der Waals surface area contributed by atoms with Crippen molar-refractivity contribution in [1.82, 2.24) is 20.1 Å². The lowest BCUT2D eigenvalue weighted by molar-refractivity contribution is 0.370. The van der Waals surface area contributed by atoms with E-state index in [4.69, 9.17) is 4.52 Å². The van der Waals surface area contributed by atoms with Crippen LogP contribution >= 0.6 is 0 Å². The molecule has 8 nitrogen and oxygen atoms in total. The van der Waals surface area contributed by atoms with Gasteiger partial charge in [-0.2, -0.15) is 4.98 Å². The normalized spacial score (nSPS) is 11.9. The van der Waals surface area contributed by atoms with Crippen LogP contribution in [0.1, 0.15) is 31.4 Å². The van der Waals surface area contributed by atoms with Crippen LogP contribution in [-0.2, 0) is 22.8 Å². The molecule has 2 aromatic heterocycles. The molecule has 0 N–H and O–H groups in total. The van der Waals surface area contributed by atoms with E-state index in [9.17, 15) is 8.42 Å². The van der Waals surface area contributed by atoms with E-state index < -0.39 is 9.84 Å². The molecule has 0 saturated heterocycles. The lowest BCUT2D eigenvalue weighted by Gasteiger charge is -2.18. The fourth-order valence-corrected chi connectivity index (χ4v) is 2.84. The molecule has 2 rings (SSSR count). The second-order valence-corrected chi connectivity index (χ2v) is 7.92. The van der Waals surface area contributed by atoms with E-state index in [-0.39, 0.29) is 11.4 Å². The Labute approximate surface area is 135 Å². The van der Waals surface area contributed by atoms with Crippen molar-refractivity contribution in [3.8, 4) is 0 Å². The van der Waals surface area contributed by atoms with Crippen molar-refractivity contribution in [3.05, 3.63) is 23.7 Å². The zero-order valence-electron chi connectivity index (χ0n) is 13.9. The van der Waals surface area contributed by atoms with Crippen LogP contribution in [-0.4, -0.2) is 41.8 Å². The highest BCUT2D eigenvalue weighted by molar-refractivity contribution is 7.90. The number of anilines is 1. The first-order valence-corrected chi connectivity index (χ1v) is 9.12. The summed E-state index contributed by atoms with van der Waals surface area (Å²) < 4.78 is 29.0. The van der Waals surface area contributed by atoms with Crippen molar-refractivity contribution in [2.75, 3.05) is 18.2 Å². The average Bonchev–Trinajstić information content (AvgIpc) is 2.83. The molecule has 0 fully saturated rings. The Kier molecular flexibility index (Phi) is 4.98. The Hall–Kier alpha value is -2.03. The van der Waals surface area contributed by atoms with Crippen LogP contribution in [0.2, 0.25) is 0 Å². The lowest BCUT2D eigenvalue weighted by Crippen LogP contribution is -2.21. The Bertz CT molecular complexity index is 785. The Balaban J connectivity index is 2.25. The molecule has 0 saturated carbocycles. The molecule has 0 aliphatic heterocycles. The lowest BCUT2D eigenvalue weighted by atomic mass is 10.1. The number of aryl methyl sites for hydroxylation is 1. The molecule has 2 aromatic rings. The van der Waals surface area contributed by atoms with E-state index in [1.807, 2.05) is 0 Å². The number of rotatable bonds is 6. The second kappa shape index (κ2) is 6.61. The molecule has 0 radical (unpaired) electrons. The van der Waals surface area contributed by atoms with E-state index in [0.717, 1.165) is 12.7 Å². The van der Waals surface area contributed by atoms with Gasteiger partial charge in [0.15, 0.2) is 21.5 Å². The number of sulfone groups is 1. The van der Waals surface area contributed by atoms with Crippen molar-refractivity contribution in [2.24, 2.45) is 5.92 Å². The van der Waals surface area contributed by atoms with Gasteiger partial charge in [0.05, 0.1) is 12.7 Å². The molecule has 23 heavy (non-hydrogen) atoms. The quantitative estimate of drug-likeness (QED) is 0.778. The summed E-state index contributed by atoms with van der Waals surface area (Å²) in [6.45, 7) is 6.12. The first kappa shape index (κ1) is 17.3. The summed E-state index contributed by atoms with van der Waals surface area (Å²) in [4.78, 5) is 14.3. The maximum atomic E-state index is 11.9. The van der Waals surface area contributed by atoms with Gasteiger partial charge in [-0.3, -0.25) is 0 Å². The van der Waals surface area contributed by atoms with Crippen LogP contribution in [0.15, 0.2) is 15.6 Å². The summed E-state index contributed by atoms with van der Waals surface area (Å²) in [5.41, 5.74) is 0. The highest BCUT2D eigenvalue weighted by Gasteiger charge is 2.20. The summed E-state index contributed by atoms with van der Waals surface area (Å²) in [6.07, 6.45) is 3.18. The minimum Gasteiger partial charge on any atom is -0.349 e. The van der Waals surface area contributed by atoms with E-state index in [0.29, 0.717) is 29.3 Å². The smallest absolute Gasteiger partial charge is 0.246 e. The van der Waals surface area contributed by atoms with Gasteiger partial charge in [-0.25, -0.2) is 18.4 Å². The SMILES string of the molecule is Cc1ncc(S(C)(=O)=O)c(N(C)Cc2nc(CC(C)C)no2)n1. The summed E-state index contributed by atoms with van der Waals surface area (Å²) in [5, 5.41) is 3.93. The fraction of sp³-hybridized carbons (Fsp3) is 0.571. The highest BCUT2D eigenvalue weighted by Crippen LogP contribution is 2.22. The van der Waals surface area contributed by atoms with Gasteiger partial charge >= 0.3 is 0 Å². The van der Waals surface area contributed by atoms with Crippen LogP contribution < -0.4 is 4.90 Å². The maximum absolute atomic E-state index is 11.9. The number of nitrogens with zero attached hydrogens (tertiary/aromatic N) is 5. The van der Waals surface area contributed by atoms with Gasteiger partial charge in [-0.05, 0) is 12.8 Å². The first-order chi connectivity index (χ1) is 10.7. The molecule has 2 heterocycles. The van der Waals surface area contributed by atoms with Crippen LogP contribution in [0.5, 0.6) is 0 Å². The van der Waals surface area contributed by atoms with Gasteiger partial charge in [0.25, 0.3) is 0 Å². The van der Waals surface area contributed by atoms with Crippen LogP contribution in [0.4, 0.5) is 5.82 Å². The maximum Gasteiger partial charge on any atom is 0.246 e.